The summed E-state index contributed by atoms with van der Waals surface area (Å²) >= 11 is 0. The Morgan fingerprint density at radius 3 is 2.90 bits per heavy atom. The van der Waals surface area contributed by atoms with Crippen molar-refractivity contribution >= 4 is 11.4 Å². The molecule has 2 aromatic carbocycles. The van der Waals surface area contributed by atoms with Crippen molar-refractivity contribution in [2.75, 3.05) is 11.9 Å². The predicted molar refractivity (Wildman–Crippen MR) is 75.5 cm³/mol. The number of nitro benzene ring substituents is 1. The Morgan fingerprint density at radius 1 is 1.29 bits per heavy atom. The predicted octanol–water partition coefficient (Wildman–Crippen LogP) is 3.42. The number of ether oxygens (including phenoxy) is 1. The first-order chi connectivity index (χ1) is 10.1. The van der Waals surface area contributed by atoms with E-state index in [4.69, 9.17) is 4.74 Å². The SMILES string of the molecule is O=[N+]([O-])c1cc(NC2COCc3ccccc32)ccc1F. The summed E-state index contributed by atoms with van der Waals surface area (Å²) < 4.78 is 18.9. The van der Waals surface area contributed by atoms with E-state index in [-0.39, 0.29) is 6.04 Å². The maximum atomic E-state index is 13.3. The maximum absolute atomic E-state index is 13.3. The molecule has 3 rings (SSSR count). The third-order valence-corrected chi connectivity index (χ3v) is 3.46. The third kappa shape index (κ3) is 2.71. The molecule has 0 aromatic heterocycles. The van der Waals surface area contributed by atoms with E-state index in [9.17, 15) is 14.5 Å². The monoisotopic (exact) mass is 288 g/mol. The van der Waals surface area contributed by atoms with Gasteiger partial charge < -0.3 is 10.1 Å². The number of rotatable bonds is 3. The lowest BCUT2D eigenvalue weighted by Crippen LogP contribution is -2.23. The van der Waals surface area contributed by atoms with Crippen LogP contribution in [0.15, 0.2) is 42.5 Å². The summed E-state index contributed by atoms with van der Waals surface area (Å²) in [5, 5.41) is 13.9. The van der Waals surface area contributed by atoms with Gasteiger partial charge in [-0.1, -0.05) is 24.3 Å². The van der Waals surface area contributed by atoms with Gasteiger partial charge in [0.05, 0.1) is 24.2 Å². The molecule has 0 saturated carbocycles. The molecular formula is C15H13FN2O3. The number of nitrogens with one attached hydrogen (secondary N) is 1. The van der Waals surface area contributed by atoms with E-state index in [1.807, 2.05) is 24.3 Å². The number of nitro groups is 1. The van der Waals surface area contributed by atoms with Crippen LogP contribution in [0.2, 0.25) is 0 Å². The van der Waals surface area contributed by atoms with E-state index in [0.717, 1.165) is 17.2 Å². The quantitative estimate of drug-likeness (QED) is 0.694. The zero-order valence-corrected chi connectivity index (χ0v) is 11.1. The van der Waals surface area contributed by atoms with Crippen molar-refractivity contribution in [3.8, 4) is 0 Å². The minimum atomic E-state index is -0.842. The van der Waals surface area contributed by atoms with Crippen LogP contribution in [0.3, 0.4) is 0 Å². The summed E-state index contributed by atoms with van der Waals surface area (Å²) in [7, 11) is 0. The van der Waals surface area contributed by atoms with Crippen LogP contribution in [0.5, 0.6) is 0 Å². The molecule has 1 atom stereocenters. The summed E-state index contributed by atoms with van der Waals surface area (Å²) in [6, 6.07) is 11.5. The molecule has 1 aliphatic heterocycles. The van der Waals surface area contributed by atoms with E-state index in [0.29, 0.717) is 18.9 Å². The van der Waals surface area contributed by atoms with E-state index in [1.54, 1.807) is 0 Å². The number of halogens is 1. The molecule has 0 radical (unpaired) electrons. The maximum Gasteiger partial charge on any atom is 0.306 e. The van der Waals surface area contributed by atoms with Crippen LogP contribution >= 0.6 is 0 Å². The molecule has 0 bridgehead atoms. The van der Waals surface area contributed by atoms with Crippen molar-refractivity contribution in [3.63, 3.8) is 0 Å². The van der Waals surface area contributed by atoms with Crippen molar-refractivity contribution in [2.45, 2.75) is 12.6 Å². The molecule has 21 heavy (non-hydrogen) atoms. The molecule has 1 heterocycles. The lowest BCUT2D eigenvalue weighted by molar-refractivity contribution is -0.387. The topological polar surface area (TPSA) is 64.4 Å². The molecule has 1 unspecified atom stereocenters. The Labute approximate surface area is 120 Å². The second-order valence-corrected chi connectivity index (χ2v) is 4.83. The van der Waals surface area contributed by atoms with Gasteiger partial charge in [-0.25, -0.2) is 0 Å². The molecule has 0 aliphatic carbocycles. The van der Waals surface area contributed by atoms with Crippen LogP contribution in [0, 0.1) is 15.9 Å². The molecule has 6 heteroatoms. The zero-order chi connectivity index (χ0) is 14.8. The highest BCUT2D eigenvalue weighted by Crippen LogP contribution is 2.29. The molecule has 0 fully saturated rings. The van der Waals surface area contributed by atoms with Crippen molar-refractivity contribution < 1.29 is 14.1 Å². The molecule has 1 aliphatic rings. The second kappa shape index (κ2) is 5.49. The van der Waals surface area contributed by atoms with E-state index >= 15 is 0 Å². The smallest absolute Gasteiger partial charge is 0.306 e. The fourth-order valence-electron chi connectivity index (χ4n) is 2.45. The molecule has 2 aromatic rings. The molecule has 0 spiro atoms. The number of hydrogen-bond donors (Lipinski definition) is 1. The number of anilines is 1. The second-order valence-electron chi connectivity index (χ2n) is 4.83. The summed E-state index contributed by atoms with van der Waals surface area (Å²) in [6.45, 7) is 1.01. The van der Waals surface area contributed by atoms with Gasteiger partial charge >= 0.3 is 5.69 Å². The van der Waals surface area contributed by atoms with Crippen molar-refractivity contribution in [3.05, 3.63) is 69.5 Å². The van der Waals surface area contributed by atoms with Gasteiger partial charge in [-0.3, -0.25) is 10.1 Å². The number of nitrogens with zero attached hydrogens (tertiary/aromatic N) is 1. The average molecular weight is 288 g/mol. The number of fused-ring (bicyclic) bond motifs is 1. The van der Waals surface area contributed by atoms with Crippen LogP contribution < -0.4 is 5.32 Å². The Morgan fingerprint density at radius 2 is 2.10 bits per heavy atom. The third-order valence-electron chi connectivity index (χ3n) is 3.46. The van der Waals surface area contributed by atoms with Gasteiger partial charge in [-0.05, 0) is 23.3 Å². The van der Waals surface area contributed by atoms with Gasteiger partial charge in [0.15, 0.2) is 0 Å². The zero-order valence-electron chi connectivity index (χ0n) is 11.1. The number of hydrogen-bond acceptors (Lipinski definition) is 4. The Balaban J connectivity index is 1.88. The fourth-order valence-corrected chi connectivity index (χ4v) is 2.45. The van der Waals surface area contributed by atoms with Crippen molar-refractivity contribution in [1.82, 2.24) is 0 Å². The van der Waals surface area contributed by atoms with Gasteiger partial charge in [-0.2, -0.15) is 4.39 Å². The molecule has 108 valence electrons. The van der Waals surface area contributed by atoms with Gasteiger partial charge in [0, 0.05) is 11.8 Å². The van der Waals surface area contributed by atoms with E-state index in [2.05, 4.69) is 5.32 Å². The normalized spacial score (nSPS) is 17.1. The fraction of sp³-hybridized carbons (Fsp3) is 0.200. The van der Waals surface area contributed by atoms with Crippen LogP contribution in [-0.2, 0) is 11.3 Å². The Bertz CT molecular complexity index is 690. The van der Waals surface area contributed by atoms with Crippen LogP contribution in [0.1, 0.15) is 17.2 Å². The Kier molecular flexibility index (Phi) is 3.53. The Hall–Kier alpha value is -2.47. The van der Waals surface area contributed by atoms with Crippen molar-refractivity contribution in [2.24, 2.45) is 0 Å². The van der Waals surface area contributed by atoms with E-state index < -0.39 is 16.4 Å². The molecule has 0 amide bonds. The molecule has 1 N–H and O–H groups in total. The lowest BCUT2D eigenvalue weighted by atomic mass is 9.99. The highest BCUT2D eigenvalue weighted by atomic mass is 19.1. The molecular weight excluding hydrogens is 275 g/mol. The van der Waals surface area contributed by atoms with Gasteiger partial charge in [-0.15, -0.1) is 0 Å². The first-order valence-electron chi connectivity index (χ1n) is 6.51. The van der Waals surface area contributed by atoms with Gasteiger partial charge in [0.2, 0.25) is 5.82 Å². The average Bonchev–Trinajstić information content (AvgIpc) is 2.49. The first kappa shape index (κ1) is 13.5. The minimum absolute atomic E-state index is 0.111. The van der Waals surface area contributed by atoms with E-state index in [1.165, 1.54) is 12.1 Å². The standard InChI is InChI=1S/C15H13FN2O3/c16-13-6-5-11(7-15(13)18(19)20)17-14-9-21-8-10-3-1-2-4-12(10)14/h1-7,14,17H,8-9H2. The number of benzene rings is 2. The van der Waals surface area contributed by atoms with Gasteiger partial charge in [0.25, 0.3) is 0 Å². The van der Waals surface area contributed by atoms with Crippen LogP contribution in [0.25, 0.3) is 0 Å². The largest absolute Gasteiger partial charge is 0.376 e. The highest BCUT2D eigenvalue weighted by molar-refractivity contribution is 5.53. The minimum Gasteiger partial charge on any atom is -0.376 e. The highest BCUT2D eigenvalue weighted by Gasteiger charge is 2.21. The van der Waals surface area contributed by atoms with Gasteiger partial charge in [0.1, 0.15) is 0 Å². The van der Waals surface area contributed by atoms with Crippen LogP contribution in [-0.4, -0.2) is 11.5 Å². The van der Waals surface area contributed by atoms with Crippen molar-refractivity contribution in [1.29, 1.82) is 0 Å². The summed E-state index contributed by atoms with van der Waals surface area (Å²) in [6.07, 6.45) is 0. The molecule has 0 saturated heterocycles. The summed E-state index contributed by atoms with van der Waals surface area (Å²) in [5.41, 5.74) is 2.13. The lowest BCUT2D eigenvalue weighted by Gasteiger charge is -2.27. The first-order valence-corrected chi connectivity index (χ1v) is 6.51. The summed E-state index contributed by atoms with van der Waals surface area (Å²) in [5.74, 6) is -0.842. The molecule has 5 nitrogen and oxygen atoms in total. The summed E-state index contributed by atoms with van der Waals surface area (Å²) in [4.78, 5) is 10.0. The van der Waals surface area contributed by atoms with Crippen LogP contribution in [0.4, 0.5) is 15.8 Å².